The Balaban J connectivity index is 1.64. The lowest BCUT2D eigenvalue weighted by molar-refractivity contribution is -0.393. The Morgan fingerprint density at radius 3 is 2.54 bits per heavy atom. The Hall–Kier alpha value is -2.37. The highest BCUT2D eigenvalue weighted by Gasteiger charge is 2.29. The molecule has 3 rings (SSSR count). The molecule has 10 nitrogen and oxygen atoms in total. The zero-order valence-corrected chi connectivity index (χ0v) is 13.5. The largest absolute Gasteiger partial charge is 0.358 e. The van der Waals surface area contributed by atoms with Crippen LogP contribution in [-0.4, -0.2) is 63.5 Å². The summed E-state index contributed by atoms with van der Waals surface area (Å²) in [7, 11) is -3.56. The summed E-state index contributed by atoms with van der Waals surface area (Å²) in [5.74, 6) is -0.0830. The molecule has 0 amide bonds. The maximum atomic E-state index is 12.5. The van der Waals surface area contributed by atoms with Gasteiger partial charge in [0.2, 0.25) is 10.0 Å². The number of sulfonamides is 1. The van der Waals surface area contributed by atoms with Crippen molar-refractivity contribution in [3.05, 3.63) is 46.9 Å². The van der Waals surface area contributed by atoms with Crippen LogP contribution in [0.1, 0.15) is 0 Å². The van der Waals surface area contributed by atoms with Crippen molar-refractivity contribution in [1.29, 1.82) is 0 Å². The molecule has 128 valence electrons. The van der Waals surface area contributed by atoms with Gasteiger partial charge in [-0.05, 0) is 17.1 Å². The number of nitrogens with zero attached hydrogens (tertiary/aromatic N) is 6. The zero-order valence-electron chi connectivity index (χ0n) is 12.7. The fourth-order valence-corrected chi connectivity index (χ4v) is 3.93. The minimum absolute atomic E-state index is 0.0830. The lowest BCUT2D eigenvalue weighted by Crippen LogP contribution is -2.48. The second-order valence-electron chi connectivity index (χ2n) is 5.30. The quantitative estimate of drug-likeness (QED) is 0.556. The number of aromatic nitrogens is 3. The zero-order chi connectivity index (χ0) is 17.2. The van der Waals surface area contributed by atoms with Crippen molar-refractivity contribution >= 4 is 15.8 Å². The van der Waals surface area contributed by atoms with E-state index < -0.39 is 14.9 Å². The van der Waals surface area contributed by atoms with Gasteiger partial charge in [-0.1, -0.05) is 5.10 Å². The molecule has 0 unspecified atom stereocenters. The SMILES string of the molecule is O=[N+]([O-])c1ccnn1CN1CCN(S(=O)(=O)c2cccnc2)CC1. The molecule has 0 saturated carbocycles. The Morgan fingerprint density at radius 1 is 1.17 bits per heavy atom. The molecule has 0 bridgehead atoms. The molecule has 2 aromatic heterocycles. The maximum Gasteiger partial charge on any atom is 0.346 e. The van der Waals surface area contributed by atoms with Crippen LogP contribution in [0.2, 0.25) is 0 Å². The third kappa shape index (κ3) is 3.27. The first-order valence-electron chi connectivity index (χ1n) is 7.27. The monoisotopic (exact) mass is 352 g/mol. The Bertz CT molecular complexity index is 814. The lowest BCUT2D eigenvalue weighted by Gasteiger charge is -2.32. The van der Waals surface area contributed by atoms with Gasteiger partial charge in [0.15, 0.2) is 6.67 Å². The highest BCUT2D eigenvalue weighted by Crippen LogP contribution is 2.17. The summed E-state index contributed by atoms with van der Waals surface area (Å²) in [5, 5.41) is 14.8. The van der Waals surface area contributed by atoms with Crippen LogP contribution in [0, 0.1) is 10.1 Å². The van der Waals surface area contributed by atoms with Crippen molar-refractivity contribution in [3.8, 4) is 0 Å². The maximum absolute atomic E-state index is 12.5. The van der Waals surface area contributed by atoms with Crippen molar-refractivity contribution in [3.63, 3.8) is 0 Å². The summed E-state index contributed by atoms with van der Waals surface area (Å²) < 4.78 is 27.7. The summed E-state index contributed by atoms with van der Waals surface area (Å²) in [6.45, 7) is 1.82. The summed E-state index contributed by atoms with van der Waals surface area (Å²) in [6.07, 6.45) is 4.23. The Labute approximate surface area is 138 Å². The molecule has 0 aromatic carbocycles. The van der Waals surface area contributed by atoms with Crippen molar-refractivity contribution in [2.45, 2.75) is 11.6 Å². The van der Waals surface area contributed by atoms with E-state index >= 15 is 0 Å². The molecule has 1 aliphatic rings. The molecule has 0 atom stereocenters. The first kappa shape index (κ1) is 16.5. The molecule has 11 heteroatoms. The van der Waals surface area contributed by atoms with Crippen LogP contribution in [0.15, 0.2) is 41.7 Å². The van der Waals surface area contributed by atoms with E-state index in [1.807, 2.05) is 4.90 Å². The third-order valence-electron chi connectivity index (χ3n) is 3.82. The molecule has 0 N–H and O–H groups in total. The number of hydrogen-bond donors (Lipinski definition) is 0. The molecule has 1 saturated heterocycles. The summed E-state index contributed by atoms with van der Waals surface area (Å²) >= 11 is 0. The predicted molar refractivity (Wildman–Crippen MR) is 83.5 cm³/mol. The molecule has 24 heavy (non-hydrogen) atoms. The number of nitro groups is 1. The second kappa shape index (κ2) is 6.63. The van der Waals surface area contributed by atoms with Crippen molar-refractivity contribution in [2.75, 3.05) is 26.2 Å². The smallest absolute Gasteiger partial charge is 0.346 e. The van der Waals surface area contributed by atoms with Crippen LogP contribution in [-0.2, 0) is 16.7 Å². The molecule has 1 fully saturated rings. The summed E-state index contributed by atoms with van der Waals surface area (Å²) in [5.41, 5.74) is 0. The van der Waals surface area contributed by atoms with Gasteiger partial charge in [0.05, 0.1) is 12.3 Å². The molecule has 0 aliphatic carbocycles. The average molecular weight is 352 g/mol. The number of piperazine rings is 1. The van der Waals surface area contributed by atoms with E-state index in [1.165, 1.54) is 39.7 Å². The first-order chi connectivity index (χ1) is 11.5. The van der Waals surface area contributed by atoms with Crippen LogP contribution >= 0.6 is 0 Å². The van der Waals surface area contributed by atoms with Crippen LogP contribution in [0.3, 0.4) is 0 Å². The standard InChI is InChI=1S/C13H16N6O4S/c20-19(21)13-3-5-15-18(13)11-16-6-8-17(9-7-16)24(22,23)12-2-1-4-14-10-12/h1-5,10H,6-9,11H2. The van der Waals surface area contributed by atoms with Gasteiger partial charge in [-0.25, -0.2) is 8.42 Å². The molecular formula is C13H16N6O4S. The first-order valence-corrected chi connectivity index (χ1v) is 8.71. The fourth-order valence-electron chi connectivity index (χ4n) is 2.54. The summed E-state index contributed by atoms with van der Waals surface area (Å²) in [6, 6.07) is 4.44. The average Bonchev–Trinajstić information content (AvgIpc) is 3.04. The van der Waals surface area contributed by atoms with Gasteiger partial charge in [0.25, 0.3) is 0 Å². The second-order valence-corrected chi connectivity index (χ2v) is 7.24. The van der Waals surface area contributed by atoms with E-state index in [0.29, 0.717) is 26.2 Å². The van der Waals surface area contributed by atoms with E-state index in [0.717, 1.165) is 0 Å². The predicted octanol–water partition coefficient (Wildman–Crippen LogP) is 0.150. The van der Waals surface area contributed by atoms with E-state index in [-0.39, 0.29) is 17.4 Å². The normalized spacial score (nSPS) is 17.0. The van der Waals surface area contributed by atoms with Crippen LogP contribution in [0.4, 0.5) is 5.82 Å². The summed E-state index contributed by atoms with van der Waals surface area (Å²) in [4.78, 5) is 16.3. The van der Waals surface area contributed by atoms with Crippen molar-refractivity contribution in [1.82, 2.24) is 24.0 Å². The van der Waals surface area contributed by atoms with E-state index in [1.54, 1.807) is 6.07 Å². The van der Waals surface area contributed by atoms with E-state index in [9.17, 15) is 18.5 Å². The topological polar surface area (TPSA) is 114 Å². The van der Waals surface area contributed by atoms with Gasteiger partial charge in [-0.2, -0.15) is 4.31 Å². The van der Waals surface area contributed by atoms with Crippen LogP contribution in [0.5, 0.6) is 0 Å². The molecule has 0 radical (unpaired) electrons. The highest BCUT2D eigenvalue weighted by molar-refractivity contribution is 7.89. The molecule has 3 heterocycles. The van der Waals surface area contributed by atoms with Crippen molar-refractivity contribution < 1.29 is 13.3 Å². The van der Waals surface area contributed by atoms with E-state index in [2.05, 4.69) is 10.1 Å². The molecular weight excluding hydrogens is 336 g/mol. The number of hydrogen-bond acceptors (Lipinski definition) is 7. The van der Waals surface area contributed by atoms with Crippen LogP contribution in [0.25, 0.3) is 0 Å². The molecule has 0 spiro atoms. The lowest BCUT2D eigenvalue weighted by atomic mass is 10.4. The Morgan fingerprint density at radius 2 is 1.92 bits per heavy atom. The number of pyridine rings is 1. The number of rotatable bonds is 5. The van der Waals surface area contributed by atoms with Gasteiger partial charge in [0, 0.05) is 38.6 Å². The van der Waals surface area contributed by atoms with Gasteiger partial charge in [-0.3, -0.25) is 9.88 Å². The minimum Gasteiger partial charge on any atom is -0.358 e. The van der Waals surface area contributed by atoms with Gasteiger partial charge in [0.1, 0.15) is 4.90 Å². The highest BCUT2D eigenvalue weighted by atomic mass is 32.2. The van der Waals surface area contributed by atoms with Crippen LogP contribution < -0.4 is 0 Å². The minimum atomic E-state index is -3.56. The van der Waals surface area contributed by atoms with Gasteiger partial charge < -0.3 is 10.1 Å². The van der Waals surface area contributed by atoms with E-state index in [4.69, 9.17) is 0 Å². The third-order valence-corrected chi connectivity index (χ3v) is 5.70. The Kier molecular flexibility index (Phi) is 4.55. The fraction of sp³-hybridized carbons (Fsp3) is 0.385. The van der Waals surface area contributed by atoms with Gasteiger partial charge >= 0.3 is 5.82 Å². The van der Waals surface area contributed by atoms with Gasteiger partial charge in [-0.15, -0.1) is 4.68 Å². The molecule has 1 aliphatic heterocycles. The van der Waals surface area contributed by atoms with Crippen molar-refractivity contribution in [2.24, 2.45) is 0 Å². The molecule has 2 aromatic rings.